The Morgan fingerprint density at radius 2 is 1.90 bits per heavy atom. The first-order chi connectivity index (χ1) is 14.5. The highest BCUT2D eigenvalue weighted by Gasteiger charge is 2.13. The first-order valence-electron chi connectivity index (χ1n) is 9.32. The maximum atomic E-state index is 10.9. The number of aromatic nitrogens is 2. The summed E-state index contributed by atoms with van der Waals surface area (Å²) in [5.41, 5.74) is 3.73. The maximum Gasteiger partial charge on any atom is 0.511 e. The number of rotatable bonds is 6. The molecule has 0 saturated heterocycles. The Kier molecular flexibility index (Phi) is 5.59. The molecule has 0 fully saturated rings. The van der Waals surface area contributed by atoms with Crippen molar-refractivity contribution in [1.29, 1.82) is 0 Å². The van der Waals surface area contributed by atoms with E-state index >= 15 is 0 Å². The van der Waals surface area contributed by atoms with Gasteiger partial charge in [-0.05, 0) is 31.2 Å². The molecule has 0 amide bonds. The summed E-state index contributed by atoms with van der Waals surface area (Å²) in [5.74, 6) is 0.993. The molecule has 1 N–H and O–H groups in total. The number of aryl methyl sites for hydroxylation is 1. The van der Waals surface area contributed by atoms with Crippen LogP contribution in [0.15, 0.2) is 66.9 Å². The standard InChI is InChI=1S/C23H19ClN2O4/c1-15-9-10-21(29-14-16-5-2-3-6-19(16)24)17(11-15)13-26-20-7-4-8-22(30-23(27)28)18(20)12-25-26/h2-12H,13-14H2,1H3,(H,27,28). The molecule has 0 unspecified atom stereocenters. The van der Waals surface area contributed by atoms with Crippen molar-refractivity contribution in [3.63, 3.8) is 0 Å². The Labute approximate surface area is 178 Å². The second-order valence-electron chi connectivity index (χ2n) is 6.85. The highest BCUT2D eigenvalue weighted by Crippen LogP contribution is 2.28. The minimum Gasteiger partial charge on any atom is -0.488 e. The van der Waals surface area contributed by atoms with Gasteiger partial charge in [-0.1, -0.05) is 53.6 Å². The van der Waals surface area contributed by atoms with E-state index in [4.69, 9.17) is 26.2 Å². The normalized spacial score (nSPS) is 10.9. The summed E-state index contributed by atoms with van der Waals surface area (Å²) in [4.78, 5) is 10.9. The van der Waals surface area contributed by atoms with Crippen molar-refractivity contribution in [2.24, 2.45) is 0 Å². The highest BCUT2D eigenvalue weighted by molar-refractivity contribution is 6.31. The largest absolute Gasteiger partial charge is 0.511 e. The molecular weight excluding hydrogens is 404 g/mol. The summed E-state index contributed by atoms with van der Waals surface area (Å²) in [6.45, 7) is 2.83. The molecular formula is C23H19ClN2O4. The summed E-state index contributed by atoms with van der Waals surface area (Å²) < 4.78 is 12.7. The van der Waals surface area contributed by atoms with Crippen molar-refractivity contribution in [3.05, 3.63) is 88.6 Å². The zero-order chi connectivity index (χ0) is 21.1. The molecule has 0 spiro atoms. The quantitative estimate of drug-likeness (QED) is 0.319. The van der Waals surface area contributed by atoms with Gasteiger partial charge < -0.3 is 14.6 Å². The van der Waals surface area contributed by atoms with Crippen LogP contribution in [0.1, 0.15) is 16.7 Å². The van der Waals surface area contributed by atoms with E-state index < -0.39 is 6.16 Å². The number of benzene rings is 3. The second-order valence-corrected chi connectivity index (χ2v) is 7.26. The lowest BCUT2D eigenvalue weighted by atomic mass is 10.1. The molecule has 6 nitrogen and oxygen atoms in total. The van der Waals surface area contributed by atoms with Gasteiger partial charge in [0.05, 0.1) is 23.6 Å². The number of hydrogen-bond donors (Lipinski definition) is 1. The SMILES string of the molecule is Cc1ccc(OCc2ccccc2Cl)c(Cn2ncc3c(OC(=O)O)cccc32)c1. The lowest BCUT2D eigenvalue weighted by Crippen LogP contribution is -2.06. The molecule has 0 radical (unpaired) electrons. The molecule has 3 aromatic carbocycles. The van der Waals surface area contributed by atoms with E-state index in [0.29, 0.717) is 23.6 Å². The number of fused-ring (bicyclic) bond motifs is 1. The fourth-order valence-electron chi connectivity index (χ4n) is 3.29. The number of ether oxygens (including phenoxy) is 2. The first kappa shape index (κ1) is 19.8. The number of halogens is 1. The number of nitrogens with zero attached hydrogens (tertiary/aromatic N) is 2. The van der Waals surface area contributed by atoms with Crippen LogP contribution >= 0.6 is 11.6 Å². The van der Waals surface area contributed by atoms with E-state index in [1.807, 2.05) is 55.5 Å². The van der Waals surface area contributed by atoms with Crippen molar-refractivity contribution in [3.8, 4) is 11.5 Å². The third-order valence-corrected chi connectivity index (χ3v) is 5.09. The zero-order valence-corrected chi connectivity index (χ0v) is 17.0. The molecule has 152 valence electrons. The number of hydrogen-bond acceptors (Lipinski definition) is 4. The molecule has 0 aliphatic carbocycles. The van der Waals surface area contributed by atoms with Gasteiger partial charge in [-0.15, -0.1) is 0 Å². The van der Waals surface area contributed by atoms with Gasteiger partial charge in [0.2, 0.25) is 0 Å². The molecule has 1 aromatic heterocycles. The predicted molar refractivity (Wildman–Crippen MR) is 114 cm³/mol. The molecule has 7 heteroatoms. The lowest BCUT2D eigenvalue weighted by Gasteiger charge is -2.14. The molecule has 4 rings (SSSR count). The minimum absolute atomic E-state index is 0.255. The molecule has 1 heterocycles. The lowest BCUT2D eigenvalue weighted by molar-refractivity contribution is 0.145. The second kappa shape index (κ2) is 8.47. The zero-order valence-electron chi connectivity index (χ0n) is 16.2. The van der Waals surface area contributed by atoms with E-state index in [0.717, 1.165) is 28.0 Å². The van der Waals surface area contributed by atoms with Crippen molar-refractivity contribution in [2.75, 3.05) is 0 Å². The van der Waals surface area contributed by atoms with Crippen molar-refractivity contribution in [2.45, 2.75) is 20.1 Å². The summed E-state index contributed by atoms with van der Waals surface area (Å²) in [6.07, 6.45) is 0.248. The van der Waals surface area contributed by atoms with Crippen LogP contribution in [0.3, 0.4) is 0 Å². The Balaban J connectivity index is 1.63. The Bertz CT molecular complexity index is 1220. The third kappa shape index (κ3) is 4.23. The summed E-state index contributed by atoms with van der Waals surface area (Å²) in [6, 6.07) is 18.8. The number of carboxylic acid groups (broad SMARTS) is 1. The van der Waals surface area contributed by atoms with Crippen LogP contribution in [-0.2, 0) is 13.2 Å². The average molecular weight is 423 g/mol. The predicted octanol–water partition coefficient (Wildman–Crippen LogP) is 5.68. The Hall–Kier alpha value is -3.51. The van der Waals surface area contributed by atoms with E-state index in [9.17, 15) is 4.79 Å². The van der Waals surface area contributed by atoms with Gasteiger partial charge in [0.15, 0.2) is 0 Å². The van der Waals surface area contributed by atoms with Gasteiger partial charge in [0.25, 0.3) is 0 Å². The van der Waals surface area contributed by atoms with Gasteiger partial charge in [-0.25, -0.2) is 4.79 Å². The smallest absolute Gasteiger partial charge is 0.488 e. The fraction of sp³-hybridized carbons (Fsp3) is 0.130. The minimum atomic E-state index is -1.36. The van der Waals surface area contributed by atoms with Crippen molar-refractivity contribution < 1.29 is 19.4 Å². The van der Waals surface area contributed by atoms with Crippen LogP contribution in [0.25, 0.3) is 10.9 Å². The molecule has 0 atom stereocenters. The van der Waals surface area contributed by atoms with Gasteiger partial charge in [0, 0.05) is 16.1 Å². The summed E-state index contributed by atoms with van der Waals surface area (Å²) in [5, 5.41) is 14.7. The van der Waals surface area contributed by atoms with E-state index in [-0.39, 0.29) is 5.75 Å². The van der Waals surface area contributed by atoms with Crippen LogP contribution in [0.5, 0.6) is 11.5 Å². The van der Waals surface area contributed by atoms with Crippen LogP contribution in [0.2, 0.25) is 5.02 Å². The molecule has 30 heavy (non-hydrogen) atoms. The van der Waals surface area contributed by atoms with Gasteiger partial charge in [-0.3, -0.25) is 4.68 Å². The van der Waals surface area contributed by atoms with Crippen LogP contribution in [0, 0.1) is 6.92 Å². The average Bonchev–Trinajstić information content (AvgIpc) is 3.12. The van der Waals surface area contributed by atoms with Crippen molar-refractivity contribution in [1.82, 2.24) is 9.78 Å². The monoisotopic (exact) mass is 422 g/mol. The van der Waals surface area contributed by atoms with Crippen LogP contribution in [0.4, 0.5) is 4.79 Å². The fourth-order valence-corrected chi connectivity index (χ4v) is 3.48. The number of carbonyl (C=O) groups is 1. The Morgan fingerprint density at radius 3 is 2.70 bits per heavy atom. The molecule has 4 aromatic rings. The highest BCUT2D eigenvalue weighted by atomic mass is 35.5. The van der Waals surface area contributed by atoms with Crippen LogP contribution < -0.4 is 9.47 Å². The molecule has 0 saturated carbocycles. The Morgan fingerprint density at radius 1 is 1.07 bits per heavy atom. The van der Waals surface area contributed by atoms with E-state index in [1.54, 1.807) is 23.0 Å². The first-order valence-corrected chi connectivity index (χ1v) is 9.70. The van der Waals surface area contributed by atoms with Gasteiger partial charge in [0.1, 0.15) is 18.1 Å². The molecule has 0 bridgehead atoms. The van der Waals surface area contributed by atoms with Crippen molar-refractivity contribution >= 4 is 28.7 Å². The van der Waals surface area contributed by atoms with E-state index in [2.05, 4.69) is 5.10 Å². The van der Waals surface area contributed by atoms with E-state index in [1.165, 1.54) is 0 Å². The summed E-state index contributed by atoms with van der Waals surface area (Å²) in [7, 11) is 0. The van der Waals surface area contributed by atoms with Gasteiger partial charge >= 0.3 is 6.16 Å². The van der Waals surface area contributed by atoms with Gasteiger partial charge in [-0.2, -0.15) is 5.10 Å². The molecule has 0 aliphatic heterocycles. The third-order valence-electron chi connectivity index (χ3n) is 4.72. The summed E-state index contributed by atoms with van der Waals surface area (Å²) >= 11 is 6.24. The van der Waals surface area contributed by atoms with Crippen LogP contribution in [-0.4, -0.2) is 21.0 Å². The molecule has 0 aliphatic rings. The maximum absolute atomic E-state index is 10.9. The topological polar surface area (TPSA) is 73.6 Å².